The van der Waals surface area contributed by atoms with Gasteiger partial charge < -0.3 is 15.6 Å². The van der Waals surface area contributed by atoms with E-state index in [9.17, 15) is 32.3 Å². The molecule has 11 nitrogen and oxygen atoms in total. The van der Waals surface area contributed by atoms with E-state index in [1.54, 1.807) is 0 Å². The third kappa shape index (κ3) is 6.26. The number of amides is 1. The minimum absolute atomic E-state index is 0.0206. The number of aliphatic hydroxyl groups is 1. The molecule has 0 spiro atoms. The molecule has 0 bridgehead atoms. The van der Waals surface area contributed by atoms with Gasteiger partial charge in [0.2, 0.25) is 0 Å². The first-order valence-electron chi connectivity index (χ1n) is 11.2. The number of benzene rings is 2. The zero-order valence-corrected chi connectivity index (χ0v) is 20.8. The first-order chi connectivity index (χ1) is 18.3. The number of primary amides is 1. The lowest BCUT2D eigenvalue weighted by Gasteiger charge is -2.15. The summed E-state index contributed by atoms with van der Waals surface area (Å²) in [7, 11) is 0. The van der Waals surface area contributed by atoms with Gasteiger partial charge in [0.05, 0.1) is 12.2 Å². The maximum Gasteiger partial charge on any atom is 0.416 e. The standard InChI is InChI=1S/C23H20ClF4N7O4/c1-12(39-21(29)37)19-30-18(31-35(19)16-4-2-3-15(25)9-16)11-34-22(38)33(10-17(36)23(26,27)28)20(32-34)13-5-7-14(24)8-6-13/h2-9,12,17,36H,10-11H2,1H3,(H2,29,37)/t12-,17-/m0/s1. The number of alkyl halides is 3. The number of ether oxygens (including phenoxy) is 1. The molecule has 4 aromatic rings. The number of aliphatic hydroxyl groups excluding tert-OH is 1. The first kappa shape index (κ1) is 27.8. The van der Waals surface area contributed by atoms with Crippen LogP contribution >= 0.6 is 11.6 Å². The summed E-state index contributed by atoms with van der Waals surface area (Å²) in [6.45, 7) is -0.125. The molecule has 0 saturated heterocycles. The van der Waals surface area contributed by atoms with Crippen molar-refractivity contribution in [3.05, 3.63) is 81.5 Å². The molecule has 0 aliphatic carbocycles. The highest BCUT2D eigenvalue weighted by Crippen LogP contribution is 2.25. The molecule has 0 aliphatic heterocycles. The van der Waals surface area contributed by atoms with Gasteiger partial charge >= 0.3 is 18.0 Å². The van der Waals surface area contributed by atoms with E-state index in [2.05, 4.69) is 15.2 Å². The van der Waals surface area contributed by atoms with Crippen molar-refractivity contribution in [3.8, 4) is 17.1 Å². The lowest BCUT2D eigenvalue weighted by molar-refractivity contribution is -0.207. The van der Waals surface area contributed by atoms with Gasteiger partial charge in [-0.15, -0.1) is 10.2 Å². The summed E-state index contributed by atoms with van der Waals surface area (Å²) in [5.74, 6) is -0.813. The maximum atomic E-state index is 13.9. The van der Waals surface area contributed by atoms with Crippen molar-refractivity contribution >= 4 is 17.7 Å². The normalized spacial score (nSPS) is 13.3. The van der Waals surface area contributed by atoms with Crippen molar-refractivity contribution in [2.45, 2.75) is 38.4 Å². The van der Waals surface area contributed by atoms with Gasteiger partial charge in [0, 0.05) is 10.6 Å². The van der Waals surface area contributed by atoms with E-state index in [1.165, 1.54) is 54.1 Å². The van der Waals surface area contributed by atoms with Crippen molar-refractivity contribution in [1.29, 1.82) is 0 Å². The molecule has 2 atom stereocenters. The highest BCUT2D eigenvalue weighted by Gasteiger charge is 2.39. The third-order valence-corrected chi connectivity index (χ3v) is 5.69. The smallest absolute Gasteiger partial charge is 0.416 e. The average molecular weight is 570 g/mol. The van der Waals surface area contributed by atoms with Crippen LogP contribution in [0, 0.1) is 5.82 Å². The highest BCUT2D eigenvalue weighted by atomic mass is 35.5. The Bertz CT molecular complexity index is 1550. The molecule has 0 saturated carbocycles. The predicted molar refractivity (Wildman–Crippen MR) is 128 cm³/mol. The van der Waals surface area contributed by atoms with Crippen LogP contribution in [0.1, 0.15) is 24.7 Å². The SMILES string of the molecule is C[C@H](OC(N)=O)c1nc(Cn2nc(-c3ccc(Cl)cc3)n(C[C@H](O)C(F)(F)F)c2=O)nn1-c1cccc(F)c1. The highest BCUT2D eigenvalue weighted by molar-refractivity contribution is 6.30. The van der Waals surface area contributed by atoms with Crippen LogP contribution in [0.2, 0.25) is 5.02 Å². The number of hydrogen-bond donors (Lipinski definition) is 2. The van der Waals surface area contributed by atoms with Crippen molar-refractivity contribution in [2.24, 2.45) is 5.73 Å². The topological polar surface area (TPSA) is 143 Å². The largest absolute Gasteiger partial charge is 0.438 e. The number of nitrogens with two attached hydrogens (primary N) is 1. The Morgan fingerprint density at radius 3 is 2.49 bits per heavy atom. The fraction of sp³-hybridized carbons (Fsp3) is 0.261. The molecule has 0 fully saturated rings. The summed E-state index contributed by atoms with van der Waals surface area (Å²) >= 11 is 5.90. The molecule has 2 aromatic carbocycles. The van der Waals surface area contributed by atoms with E-state index in [4.69, 9.17) is 22.1 Å². The van der Waals surface area contributed by atoms with E-state index < -0.39 is 49.1 Å². The molecule has 0 unspecified atom stereocenters. The maximum absolute atomic E-state index is 13.9. The fourth-order valence-corrected chi connectivity index (χ4v) is 3.78. The predicted octanol–water partition coefficient (Wildman–Crippen LogP) is 3.21. The van der Waals surface area contributed by atoms with E-state index >= 15 is 0 Å². The van der Waals surface area contributed by atoms with Gasteiger partial charge in [0.15, 0.2) is 29.7 Å². The second-order valence-electron chi connectivity index (χ2n) is 8.30. The van der Waals surface area contributed by atoms with Crippen molar-refractivity contribution < 1.29 is 32.2 Å². The molecule has 39 heavy (non-hydrogen) atoms. The minimum atomic E-state index is -4.99. The van der Waals surface area contributed by atoms with E-state index in [1.807, 2.05) is 0 Å². The van der Waals surface area contributed by atoms with Gasteiger partial charge in [0.25, 0.3) is 0 Å². The zero-order chi connectivity index (χ0) is 28.5. The van der Waals surface area contributed by atoms with Crippen LogP contribution < -0.4 is 11.4 Å². The van der Waals surface area contributed by atoms with Crippen LogP contribution in [0.15, 0.2) is 53.3 Å². The van der Waals surface area contributed by atoms with E-state index in [0.29, 0.717) is 9.59 Å². The lowest BCUT2D eigenvalue weighted by atomic mass is 10.2. The van der Waals surface area contributed by atoms with E-state index in [-0.39, 0.29) is 28.7 Å². The minimum Gasteiger partial charge on any atom is -0.438 e. The van der Waals surface area contributed by atoms with Crippen LogP contribution in [0.3, 0.4) is 0 Å². The lowest BCUT2D eigenvalue weighted by Crippen LogP contribution is -2.37. The zero-order valence-electron chi connectivity index (χ0n) is 20.0. The molecule has 16 heteroatoms. The average Bonchev–Trinajstić information content (AvgIpc) is 3.41. The Morgan fingerprint density at radius 1 is 1.18 bits per heavy atom. The molecule has 3 N–H and O–H groups in total. The third-order valence-electron chi connectivity index (χ3n) is 5.44. The van der Waals surface area contributed by atoms with Crippen molar-refractivity contribution in [1.82, 2.24) is 29.1 Å². The van der Waals surface area contributed by atoms with Gasteiger partial charge in [-0.2, -0.15) is 13.2 Å². The summed E-state index contributed by atoms with van der Waals surface area (Å²) in [6.07, 6.45) is -9.99. The van der Waals surface area contributed by atoms with Crippen LogP contribution in [0.5, 0.6) is 0 Å². The molecule has 206 valence electrons. The summed E-state index contributed by atoms with van der Waals surface area (Å²) in [5, 5.41) is 18.4. The van der Waals surface area contributed by atoms with Gasteiger partial charge in [-0.05, 0) is 49.4 Å². The Labute approximate surface area is 222 Å². The molecule has 0 radical (unpaired) electrons. The monoisotopic (exact) mass is 569 g/mol. The molecule has 0 aliphatic rings. The number of hydrogen-bond acceptors (Lipinski definition) is 7. The number of nitrogens with zero attached hydrogens (tertiary/aromatic N) is 6. The van der Waals surface area contributed by atoms with Gasteiger partial charge in [-0.3, -0.25) is 4.57 Å². The fourth-order valence-electron chi connectivity index (χ4n) is 3.66. The van der Waals surface area contributed by atoms with Crippen LogP contribution in [-0.4, -0.2) is 52.6 Å². The number of carbonyl (C=O) groups excluding carboxylic acids is 1. The number of carbonyl (C=O) groups is 1. The van der Waals surface area contributed by atoms with Crippen LogP contribution in [0.4, 0.5) is 22.4 Å². The first-order valence-corrected chi connectivity index (χ1v) is 11.6. The van der Waals surface area contributed by atoms with Crippen molar-refractivity contribution in [3.63, 3.8) is 0 Å². The quantitative estimate of drug-likeness (QED) is 0.310. The van der Waals surface area contributed by atoms with Gasteiger partial charge in [-0.25, -0.2) is 28.3 Å². The second-order valence-corrected chi connectivity index (χ2v) is 8.73. The Morgan fingerprint density at radius 2 is 1.87 bits per heavy atom. The molecule has 2 aromatic heterocycles. The summed E-state index contributed by atoms with van der Waals surface area (Å²) in [4.78, 5) is 28.7. The summed E-state index contributed by atoms with van der Waals surface area (Å²) in [5.41, 5.74) is 4.57. The number of halogens is 5. The van der Waals surface area contributed by atoms with Crippen molar-refractivity contribution in [2.75, 3.05) is 0 Å². The molecule has 2 heterocycles. The second kappa shape index (κ2) is 10.9. The van der Waals surface area contributed by atoms with E-state index in [0.717, 1.165) is 10.7 Å². The Balaban J connectivity index is 1.78. The van der Waals surface area contributed by atoms with Crippen LogP contribution in [-0.2, 0) is 17.8 Å². The number of aromatic nitrogens is 6. The van der Waals surface area contributed by atoms with Gasteiger partial charge in [0.1, 0.15) is 12.4 Å². The Hall–Kier alpha value is -4.24. The molecule has 1 amide bonds. The molecular formula is C23H20ClF4N7O4. The molecule has 4 rings (SSSR count). The summed E-state index contributed by atoms with van der Waals surface area (Å²) in [6, 6.07) is 11.1. The van der Waals surface area contributed by atoms with Gasteiger partial charge in [-0.1, -0.05) is 17.7 Å². The Kier molecular flexibility index (Phi) is 7.74. The number of rotatable bonds is 8. The summed E-state index contributed by atoms with van der Waals surface area (Å²) < 4.78 is 60.8. The molecular weight excluding hydrogens is 550 g/mol. The van der Waals surface area contributed by atoms with Crippen LogP contribution in [0.25, 0.3) is 17.1 Å².